The lowest BCUT2D eigenvalue weighted by Gasteiger charge is -2.22. The van der Waals surface area contributed by atoms with Crippen LogP contribution in [-0.2, 0) is 4.79 Å². The van der Waals surface area contributed by atoms with Crippen molar-refractivity contribution in [3.63, 3.8) is 0 Å². The van der Waals surface area contributed by atoms with Gasteiger partial charge in [-0.3, -0.25) is 9.59 Å². The summed E-state index contributed by atoms with van der Waals surface area (Å²) in [6.07, 6.45) is 0. The number of rotatable bonds is 11. The van der Waals surface area contributed by atoms with E-state index in [4.69, 9.17) is 14.2 Å². The molecule has 2 amide bonds. The fourth-order valence-corrected chi connectivity index (χ4v) is 3.36. The Morgan fingerprint density at radius 1 is 0.714 bits per heavy atom. The van der Waals surface area contributed by atoms with Crippen LogP contribution in [0.5, 0.6) is 23.0 Å². The molecule has 0 spiro atoms. The average Bonchev–Trinajstić information content (AvgIpc) is 2.85. The van der Waals surface area contributed by atoms with Crippen molar-refractivity contribution in [1.29, 1.82) is 0 Å². The number of nitrogens with one attached hydrogen (secondary N) is 2. The molecule has 1 atom stereocenters. The molecule has 0 saturated carbocycles. The molecule has 3 aromatic rings. The first-order valence-electron chi connectivity index (χ1n) is 11.7. The zero-order valence-corrected chi connectivity index (χ0v) is 20.5. The third-order valence-corrected chi connectivity index (χ3v) is 5.16. The van der Waals surface area contributed by atoms with Crippen LogP contribution in [0.25, 0.3) is 0 Å². The molecular formula is C28H32N2O5. The largest absolute Gasteiger partial charge is 0.494 e. The van der Waals surface area contributed by atoms with Gasteiger partial charge in [0.2, 0.25) is 5.91 Å². The van der Waals surface area contributed by atoms with Gasteiger partial charge < -0.3 is 24.8 Å². The Morgan fingerprint density at radius 3 is 1.66 bits per heavy atom. The smallest absolute Gasteiger partial charge is 0.251 e. The Morgan fingerprint density at radius 2 is 1.17 bits per heavy atom. The van der Waals surface area contributed by atoms with Gasteiger partial charge in [-0.05, 0) is 92.6 Å². The maximum absolute atomic E-state index is 12.9. The van der Waals surface area contributed by atoms with Gasteiger partial charge in [-0.1, -0.05) is 13.8 Å². The van der Waals surface area contributed by atoms with Gasteiger partial charge in [-0.15, -0.1) is 0 Å². The van der Waals surface area contributed by atoms with Crippen LogP contribution >= 0.6 is 0 Å². The molecule has 0 saturated heterocycles. The van der Waals surface area contributed by atoms with Gasteiger partial charge in [-0.2, -0.15) is 0 Å². The minimum absolute atomic E-state index is 0.107. The van der Waals surface area contributed by atoms with E-state index in [9.17, 15) is 9.59 Å². The highest BCUT2D eigenvalue weighted by Crippen LogP contribution is 2.25. The van der Waals surface area contributed by atoms with Crippen LogP contribution in [0.1, 0.15) is 38.1 Å². The van der Waals surface area contributed by atoms with Crippen molar-refractivity contribution < 1.29 is 23.8 Å². The third-order valence-electron chi connectivity index (χ3n) is 5.16. The highest BCUT2D eigenvalue weighted by Gasteiger charge is 2.25. The molecule has 0 heterocycles. The number of anilines is 1. The zero-order chi connectivity index (χ0) is 25.2. The standard InChI is InChI=1S/C28H32N2O5/c1-5-33-22-11-7-20(8-12-22)27(31)30-26(19(3)4)28(32)29-21-9-13-24(14-10-21)35-25-17-15-23(16-18-25)34-6-2/h7-19,26H,5-6H2,1-4H3,(H,29,32)(H,30,31). The van der Waals surface area contributed by atoms with Crippen molar-refractivity contribution in [2.45, 2.75) is 33.7 Å². The number of hydrogen-bond acceptors (Lipinski definition) is 5. The molecule has 3 aromatic carbocycles. The predicted molar refractivity (Wildman–Crippen MR) is 136 cm³/mol. The number of hydrogen-bond donors (Lipinski definition) is 2. The summed E-state index contributed by atoms with van der Waals surface area (Å²) in [7, 11) is 0. The molecule has 2 N–H and O–H groups in total. The van der Waals surface area contributed by atoms with Gasteiger partial charge in [-0.25, -0.2) is 0 Å². The van der Waals surface area contributed by atoms with Gasteiger partial charge in [0.15, 0.2) is 0 Å². The summed E-state index contributed by atoms with van der Waals surface area (Å²) in [5, 5.41) is 5.71. The topological polar surface area (TPSA) is 85.9 Å². The van der Waals surface area contributed by atoms with Crippen LogP contribution in [0.15, 0.2) is 72.8 Å². The lowest BCUT2D eigenvalue weighted by atomic mass is 10.0. The van der Waals surface area contributed by atoms with E-state index in [0.29, 0.717) is 41.7 Å². The van der Waals surface area contributed by atoms with Crippen LogP contribution in [0.3, 0.4) is 0 Å². The molecule has 0 fully saturated rings. The van der Waals surface area contributed by atoms with E-state index >= 15 is 0 Å². The predicted octanol–water partition coefficient (Wildman–Crippen LogP) is 5.67. The summed E-state index contributed by atoms with van der Waals surface area (Å²) in [6, 6.07) is 20.6. The molecule has 184 valence electrons. The molecule has 0 bridgehead atoms. The van der Waals surface area contributed by atoms with Crippen molar-refractivity contribution in [2.24, 2.45) is 5.92 Å². The SMILES string of the molecule is CCOc1ccc(Oc2ccc(NC(=O)C(NC(=O)c3ccc(OCC)cc3)C(C)C)cc2)cc1. The van der Waals surface area contributed by atoms with Crippen molar-refractivity contribution in [2.75, 3.05) is 18.5 Å². The number of amides is 2. The average molecular weight is 477 g/mol. The van der Waals surface area contributed by atoms with E-state index in [-0.39, 0.29) is 17.7 Å². The third kappa shape index (κ3) is 7.50. The number of ether oxygens (including phenoxy) is 3. The van der Waals surface area contributed by atoms with Crippen LogP contribution < -0.4 is 24.8 Å². The quantitative estimate of drug-likeness (QED) is 0.372. The first-order valence-corrected chi connectivity index (χ1v) is 11.7. The van der Waals surface area contributed by atoms with Crippen molar-refractivity contribution >= 4 is 17.5 Å². The van der Waals surface area contributed by atoms with Crippen LogP contribution in [-0.4, -0.2) is 31.1 Å². The Hall–Kier alpha value is -4.00. The minimum Gasteiger partial charge on any atom is -0.494 e. The monoisotopic (exact) mass is 476 g/mol. The van der Waals surface area contributed by atoms with Crippen LogP contribution in [0.2, 0.25) is 0 Å². The Labute approximate surface area is 206 Å². The molecule has 0 aliphatic carbocycles. The zero-order valence-electron chi connectivity index (χ0n) is 20.5. The minimum atomic E-state index is -0.700. The summed E-state index contributed by atoms with van der Waals surface area (Å²) in [6.45, 7) is 8.76. The normalized spacial score (nSPS) is 11.5. The summed E-state index contributed by atoms with van der Waals surface area (Å²) < 4.78 is 16.7. The molecule has 0 aromatic heterocycles. The number of benzene rings is 3. The maximum atomic E-state index is 12.9. The molecular weight excluding hydrogens is 444 g/mol. The van der Waals surface area contributed by atoms with Crippen molar-refractivity contribution in [1.82, 2.24) is 5.32 Å². The molecule has 3 rings (SSSR count). The lowest BCUT2D eigenvalue weighted by molar-refractivity contribution is -0.118. The fraction of sp³-hybridized carbons (Fsp3) is 0.286. The Kier molecular flexibility index (Phi) is 9.12. The fourth-order valence-electron chi connectivity index (χ4n) is 3.36. The molecule has 35 heavy (non-hydrogen) atoms. The van der Waals surface area contributed by atoms with E-state index < -0.39 is 6.04 Å². The van der Waals surface area contributed by atoms with E-state index in [1.165, 1.54) is 0 Å². The van der Waals surface area contributed by atoms with E-state index in [1.54, 1.807) is 48.5 Å². The van der Waals surface area contributed by atoms with Gasteiger partial charge in [0.05, 0.1) is 13.2 Å². The second-order valence-electron chi connectivity index (χ2n) is 8.17. The Balaban J connectivity index is 1.59. The second-order valence-corrected chi connectivity index (χ2v) is 8.17. The number of carbonyl (C=O) groups excluding carboxylic acids is 2. The molecule has 7 nitrogen and oxygen atoms in total. The Bertz CT molecular complexity index is 1090. The van der Waals surface area contributed by atoms with Crippen LogP contribution in [0, 0.1) is 5.92 Å². The van der Waals surface area contributed by atoms with E-state index in [2.05, 4.69) is 10.6 Å². The maximum Gasteiger partial charge on any atom is 0.251 e. The van der Waals surface area contributed by atoms with E-state index in [1.807, 2.05) is 52.0 Å². The molecule has 0 radical (unpaired) electrons. The highest BCUT2D eigenvalue weighted by atomic mass is 16.5. The number of carbonyl (C=O) groups is 2. The molecule has 0 aliphatic rings. The molecule has 0 aliphatic heterocycles. The summed E-state index contributed by atoms with van der Waals surface area (Å²) >= 11 is 0. The summed E-state index contributed by atoms with van der Waals surface area (Å²) in [4.78, 5) is 25.6. The van der Waals surface area contributed by atoms with E-state index in [0.717, 1.165) is 5.75 Å². The first kappa shape index (κ1) is 25.6. The second kappa shape index (κ2) is 12.5. The summed E-state index contributed by atoms with van der Waals surface area (Å²) in [5.74, 6) is 2.08. The highest BCUT2D eigenvalue weighted by molar-refractivity contribution is 6.01. The molecule has 1 unspecified atom stereocenters. The van der Waals surface area contributed by atoms with Gasteiger partial charge in [0.1, 0.15) is 29.0 Å². The first-order chi connectivity index (χ1) is 16.9. The van der Waals surface area contributed by atoms with Crippen LogP contribution in [0.4, 0.5) is 5.69 Å². The van der Waals surface area contributed by atoms with Crippen molar-refractivity contribution in [3.8, 4) is 23.0 Å². The van der Waals surface area contributed by atoms with Gasteiger partial charge in [0, 0.05) is 11.3 Å². The van der Waals surface area contributed by atoms with Gasteiger partial charge in [0.25, 0.3) is 5.91 Å². The van der Waals surface area contributed by atoms with Gasteiger partial charge >= 0.3 is 0 Å². The van der Waals surface area contributed by atoms with Crippen molar-refractivity contribution in [3.05, 3.63) is 78.4 Å². The molecule has 7 heteroatoms. The summed E-state index contributed by atoms with van der Waals surface area (Å²) in [5.41, 5.74) is 1.07. The lowest BCUT2D eigenvalue weighted by Crippen LogP contribution is -2.47.